The van der Waals surface area contributed by atoms with Crippen molar-refractivity contribution in [1.29, 1.82) is 0 Å². The number of halogens is 2. The molecule has 0 unspecified atom stereocenters. The normalized spacial score (nSPS) is 29.8. The molecule has 0 radical (unpaired) electrons. The Morgan fingerprint density at radius 2 is 1.77 bits per heavy atom. The molecule has 6 rings (SSSR count). The topological polar surface area (TPSA) is 103 Å². The van der Waals surface area contributed by atoms with E-state index in [0.29, 0.717) is 43.4 Å². The third kappa shape index (κ3) is 6.69. The lowest BCUT2D eigenvalue weighted by molar-refractivity contribution is -0.134. The number of rotatable bonds is 2. The van der Waals surface area contributed by atoms with Gasteiger partial charge < -0.3 is 30.1 Å². The lowest BCUT2D eigenvalue weighted by atomic mass is 9.99. The quantitative estimate of drug-likeness (QED) is 0.489. The summed E-state index contributed by atoms with van der Waals surface area (Å²) >= 11 is 0. The van der Waals surface area contributed by atoms with Crippen molar-refractivity contribution in [2.24, 2.45) is 0 Å². The van der Waals surface area contributed by atoms with E-state index in [1.54, 1.807) is 18.2 Å². The van der Waals surface area contributed by atoms with Crippen LogP contribution in [0.1, 0.15) is 48.9 Å². The molecule has 5 atom stereocenters. The number of nitrogens with zero attached hydrogens (tertiary/aromatic N) is 2. The van der Waals surface area contributed by atoms with Crippen LogP contribution in [0.4, 0.5) is 8.78 Å². The number of fused-ring (bicyclic) bond motifs is 5. The largest absolute Gasteiger partial charge is 0.493 e. The van der Waals surface area contributed by atoms with Gasteiger partial charge in [0.05, 0.1) is 30.4 Å². The number of aliphatic hydroxyl groups is 1. The maximum Gasteiger partial charge on any atom is 0.255 e. The van der Waals surface area contributed by atoms with Crippen LogP contribution in [-0.2, 0) is 9.53 Å². The second-order valence-electron chi connectivity index (χ2n) is 12.3. The maximum absolute atomic E-state index is 14.6. The molecule has 3 N–H and O–H groups in total. The molecule has 3 saturated heterocycles. The molecule has 2 aromatic carbocycles. The molecule has 2 aromatic rings. The molecule has 43 heavy (non-hydrogen) atoms. The van der Waals surface area contributed by atoms with Crippen LogP contribution in [0.3, 0.4) is 0 Å². The number of likely N-dealkylation sites (tertiary alicyclic amines) is 2. The molecule has 2 amide bonds. The average Bonchev–Trinajstić information content (AvgIpc) is 3.40. The van der Waals surface area contributed by atoms with Crippen molar-refractivity contribution in [3.05, 3.63) is 53.6 Å². The molecular formula is C32H40F2N4O5. The predicted molar refractivity (Wildman–Crippen MR) is 156 cm³/mol. The highest BCUT2D eigenvalue weighted by molar-refractivity contribution is 5.98. The summed E-state index contributed by atoms with van der Waals surface area (Å²) in [5.74, 6) is -1.54. The third-order valence-corrected chi connectivity index (χ3v) is 9.36. The second kappa shape index (κ2) is 12.9. The average molecular weight is 599 g/mol. The van der Waals surface area contributed by atoms with Crippen molar-refractivity contribution in [1.82, 2.24) is 20.4 Å². The Balaban J connectivity index is 1.30. The molecule has 0 aromatic heterocycles. The molecule has 0 aliphatic carbocycles. The summed E-state index contributed by atoms with van der Waals surface area (Å²) in [4.78, 5) is 31.7. The minimum Gasteiger partial charge on any atom is -0.493 e. The molecule has 0 saturated carbocycles. The zero-order valence-corrected chi connectivity index (χ0v) is 24.4. The smallest absolute Gasteiger partial charge is 0.255 e. The van der Waals surface area contributed by atoms with E-state index in [2.05, 4.69) is 27.5 Å². The van der Waals surface area contributed by atoms with Crippen molar-refractivity contribution < 1.29 is 33.0 Å². The van der Waals surface area contributed by atoms with Gasteiger partial charge in [0.1, 0.15) is 23.5 Å². The van der Waals surface area contributed by atoms with Crippen LogP contribution < -0.4 is 15.4 Å². The Kier molecular flexibility index (Phi) is 8.95. The molecule has 4 aliphatic heterocycles. The fourth-order valence-electron chi connectivity index (χ4n) is 6.90. The van der Waals surface area contributed by atoms with E-state index in [4.69, 9.17) is 9.47 Å². The van der Waals surface area contributed by atoms with Gasteiger partial charge in [-0.25, -0.2) is 8.78 Å². The number of carbonyl (C=O) groups excluding carboxylic acids is 2. The number of piperidine rings is 1. The van der Waals surface area contributed by atoms with E-state index < -0.39 is 29.9 Å². The molecular weight excluding hydrogens is 558 g/mol. The van der Waals surface area contributed by atoms with E-state index in [0.717, 1.165) is 32.0 Å². The van der Waals surface area contributed by atoms with Crippen LogP contribution in [0.15, 0.2) is 36.4 Å². The number of aliphatic hydroxyl groups excluding tert-OH is 1. The fraction of sp³-hybridized carbons (Fsp3) is 0.562. The number of hydrogen-bond acceptors (Lipinski definition) is 7. The number of ether oxygens (including phenoxy) is 2. The van der Waals surface area contributed by atoms with Gasteiger partial charge in [0.2, 0.25) is 5.91 Å². The summed E-state index contributed by atoms with van der Waals surface area (Å²) < 4.78 is 40.5. The highest BCUT2D eigenvalue weighted by Crippen LogP contribution is 2.32. The first-order valence-electron chi connectivity index (χ1n) is 15.3. The lowest BCUT2D eigenvalue weighted by Gasteiger charge is -2.38. The van der Waals surface area contributed by atoms with Crippen molar-refractivity contribution in [3.8, 4) is 16.9 Å². The molecule has 0 spiro atoms. The van der Waals surface area contributed by atoms with Gasteiger partial charge in [-0.05, 0) is 82.1 Å². The van der Waals surface area contributed by atoms with Crippen LogP contribution in [0.2, 0.25) is 0 Å². The van der Waals surface area contributed by atoms with Crippen molar-refractivity contribution in [2.75, 3.05) is 39.8 Å². The first-order chi connectivity index (χ1) is 20.7. The van der Waals surface area contributed by atoms with Gasteiger partial charge in [-0.15, -0.1) is 0 Å². The molecule has 11 heteroatoms. The Hall–Kier alpha value is -3.12. The molecule has 4 heterocycles. The van der Waals surface area contributed by atoms with Gasteiger partial charge in [-0.3, -0.25) is 14.5 Å². The fourth-order valence-corrected chi connectivity index (χ4v) is 6.90. The third-order valence-electron chi connectivity index (χ3n) is 9.36. The summed E-state index contributed by atoms with van der Waals surface area (Å²) in [6.07, 6.45) is 2.62. The van der Waals surface area contributed by atoms with Crippen molar-refractivity contribution in [2.45, 2.75) is 75.0 Å². The Bertz CT molecular complexity index is 1340. The molecule has 3 fully saturated rings. The minimum absolute atomic E-state index is 0.115. The number of amides is 2. The summed E-state index contributed by atoms with van der Waals surface area (Å²) in [5, 5.41) is 16.8. The minimum atomic E-state index is -0.706. The lowest BCUT2D eigenvalue weighted by Crippen LogP contribution is -2.53. The first-order valence-corrected chi connectivity index (χ1v) is 15.3. The van der Waals surface area contributed by atoms with Gasteiger partial charge in [-0.2, -0.15) is 0 Å². The molecule has 4 bridgehead atoms. The Morgan fingerprint density at radius 3 is 2.56 bits per heavy atom. The van der Waals surface area contributed by atoms with E-state index in [-0.39, 0.29) is 54.5 Å². The number of benzene rings is 2. The summed E-state index contributed by atoms with van der Waals surface area (Å²) in [6, 6.07) is 7.77. The highest BCUT2D eigenvalue weighted by Gasteiger charge is 2.42. The van der Waals surface area contributed by atoms with Crippen LogP contribution in [0, 0.1) is 11.6 Å². The second-order valence-corrected chi connectivity index (χ2v) is 12.3. The summed E-state index contributed by atoms with van der Waals surface area (Å²) in [6.45, 7) is 2.86. The zero-order chi connectivity index (χ0) is 30.1. The van der Waals surface area contributed by atoms with Gasteiger partial charge in [0.15, 0.2) is 0 Å². The zero-order valence-electron chi connectivity index (χ0n) is 24.4. The SMILES string of the molecule is CN1CCC(N2C[C@@H]3C[C@H]2C(=O)NC[C@H]2O[C@H](CCOc4cc(-c5ccc(F)cc5F)ccc4C(=O)N3)CC[C@@H]2O)CC1. The van der Waals surface area contributed by atoms with Crippen molar-refractivity contribution >= 4 is 11.8 Å². The van der Waals surface area contributed by atoms with Crippen molar-refractivity contribution in [3.63, 3.8) is 0 Å². The van der Waals surface area contributed by atoms with Crippen LogP contribution in [0.25, 0.3) is 11.1 Å². The molecule has 232 valence electrons. The van der Waals surface area contributed by atoms with Gasteiger partial charge in [0.25, 0.3) is 5.91 Å². The molecule has 4 aliphatic rings. The standard InChI is InChI=1S/C32H40F2N4O5/c1-37-11-8-22(9-12-37)38-18-21-16-27(38)32(41)35-17-30-28(39)7-4-23(43-30)10-13-42-29-14-19(2-5-25(29)31(40)36-21)24-6-3-20(33)15-26(24)34/h2-3,5-6,14-15,21-23,27-28,30,39H,4,7-13,16-18H2,1H3,(H,35,41)(H,36,40)/t21-,23-,27-,28-,30+/m0/s1. The predicted octanol–water partition coefficient (Wildman–Crippen LogP) is 2.71. The maximum atomic E-state index is 14.6. The van der Waals surface area contributed by atoms with E-state index in [1.165, 1.54) is 12.1 Å². The number of nitrogens with one attached hydrogen (secondary N) is 2. The van der Waals surface area contributed by atoms with Gasteiger partial charge >= 0.3 is 0 Å². The Morgan fingerprint density at radius 1 is 0.977 bits per heavy atom. The highest BCUT2D eigenvalue weighted by atomic mass is 19.1. The van der Waals surface area contributed by atoms with Gasteiger partial charge in [0, 0.05) is 43.2 Å². The van der Waals surface area contributed by atoms with E-state index in [1.807, 2.05) is 0 Å². The van der Waals surface area contributed by atoms with E-state index in [9.17, 15) is 23.5 Å². The number of carbonyl (C=O) groups is 2. The summed E-state index contributed by atoms with van der Waals surface area (Å²) in [5.41, 5.74) is 0.961. The molecule has 9 nitrogen and oxygen atoms in total. The van der Waals surface area contributed by atoms with E-state index >= 15 is 0 Å². The monoisotopic (exact) mass is 598 g/mol. The first kappa shape index (κ1) is 29.9. The Labute approximate surface area is 250 Å². The van der Waals surface area contributed by atoms with Crippen LogP contribution in [-0.4, -0.2) is 103 Å². The van der Waals surface area contributed by atoms with Gasteiger partial charge in [-0.1, -0.05) is 6.07 Å². The summed E-state index contributed by atoms with van der Waals surface area (Å²) in [7, 11) is 2.10. The van der Waals surface area contributed by atoms with Crippen LogP contribution >= 0.6 is 0 Å². The number of hydrogen-bond donors (Lipinski definition) is 3. The van der Waals surface area contributed by atoms with Crippen LogP contribution in [0.5, 0.6) is 5.75 Å².